The average Bonchev–Trinajstić information content (AvgIpc) is 3.49. The number of fused-ring (bicyclic) bond motifs is 4. The number of aromatic nitrogens is 3. The number of aryl methyl sites for hydroxylation is 1. The van der Waals surface area contributed by atoms with Crippen LogP contribution < -0.4 is 5.32 Å². The van der Waals surface area contributed by atoms with Gasteiger partial charge < -0.3 is 19.5 Å². The van der Waals surface area contributed by atoms with E-state index >= 15 is 0 Å². The van der Waals surface area contributed by atoms with Crippen LogP contribution in [0, 0.1) is 0 Å². The predicted octanol–water partition coefficient (Wildman–Crippen LogP) is 3.58. The van der Waals surface area contributed by atoms with E-state index in [4.69, 9.17) is 16.3 Å². The molecule has 6 rings (SSSR count). The number of nitrogens with zero attached hydrogens (tertiary/aromatic N) is 4. The molecule has 1 amide bonds. The zero-order valence-corrected chi connectivity index (χ0v) is 18.1. The van der Waals surface area contributed by atoms with Crippen LogP contribution in [0.2, 0.25) is 5.02 Å². The van der Waals surface area contributed by atoms with Gasteiger partial charge in [0.25, 0.3) is 5.91 Å². The number of likely N-dealkylation sites (tertiary alicyclic amines) is 1. The molecule has 2 saturated heterocycles. The van der Waals surface area contributed by atoms with Crippen LogP contribution >= 0.6 is 11.6 Å². The summed E-state index contributed by atoms with van der Waals surface area (Å²) in [5, 5.41) is 8.74. The molecule has 3 aromatic rings. The van der Waals surface area contributed by atoms with Crippen LogP contribution in [0.5, 0.6) is 0 Å². The Morgan fingerprint density at radius 3 is 2.81 bits per heavy atom. The van der Waals surface area contributed by atoms with Crippen LogP contribution in [0.4, 0.5) is 5.69 Å². The molecule has 31 heavy (non-hydrogen) atoms. The second kappa shape index (κ2) is 6.61. The fraction of sp³-hybridized carbons (Fsp3) is 0.391. The van der Waals surface area contributed by atoms with Gasteiger partial charge in [-0.25, -0.2) is 0 Å². The Kier molecular flexibility index (Phi) is 4.04. The van der Waals surface area contributed by atoms with Crippen LogP contribution in [0.1, 0.15) is 35.4 Å². The second-order valence-electron chi connectivity index (χ2n) is 8.95. The first-order chi connectivity index (χ1) is 15.0. The number of carbonyl (C=O) groups is 1. The summed E-state index contributed by atoms with van der Waals surface area (Å²) in [6.07, 6.45) is 6.40. The van der Waals surface area contributed by atoms with Gasteiger partial charge in [-0.2, -0.15) is 5.10 Å². The molecule has 1 aromatic carbocycles. The number of benzene rings is 1. The molecule has 3 aliphatic heterocycles. The van der Waals surface area contributed by atoms with Crippen molar-refractivity contribution < 1.29 is 9.53 Å². The van der Waals surface area contributed by atoms with Crippen molar-refractivity contribution in [3.8, 4) is 5.69 Å². The average molecular weight is 438 g/mol. The molecule has 8 heteroatoms. The first-order valence-corrected chi connectivity index (χ1v) is 11.0. The van der Waals surface area contributed by atoms with Gasteiger partial charge in [-0.1, -0.05) is 11.6 Å². The van der Waals surface area contributed by atoms with Crippen LogP contribution in [-0.4, -0.2) is 50.5 Å². The predicted molar refractivity (Wildman–Crippen MR) is 118 cm³/mol. The lowest BCUT2D eigenvalue weighted by Crippen LogP contribution is -2.48. The quantitative estimate of drug-likeness (QED) is 0.632. The molecule has 0 bridgehead atoms. The summed E-state index contributed by atoms with van der Waals surface area (Å²) in [5.41, 5.74) is 3.31. The Hall–Kier alpha value is -2.77. The van der Waals surface area contributed by atoms with Crippen LogP contribution in [0.3, 0.4) is 0 Å². The van der Waals surface area contributed by atoms with Crippen molar-refractivity contribution in [3.05, 3.63) is 65.2 Å². The molecule has 1 atom stereocenters. The van der Waals surface area contributed by atoms with Gasteiger partial charge in [0.15, 0.2) is 0 Å². The minimum atomic E-state index is -0.297. The lowest BCUT2D eigenvalue weighted by Gasteiger charge is -2.41. The molecule has 0 saturated carbocycles. The summed E-state index contributed by atoms with van der Waals surface area (Å²) < 4.78 is 10.4. The number of piperidine rings is 1. The van der Waals surface area contributed by atoms with Gasteiger partial charge in [0.1, 0.15) is 11.2 Å². The summed E-state index contributed by atoms with van der Waals surface area (Å²) in [7, 11) is 1.83. The van der Waals surface area contributed by atoms with Crippen LogP contribution in [0.25, 0.3) is 5.69 Å². The van der Waals surface area contributed by atoms with E-state index in [1.165, 1.54) is 5.69 Å². The zero-order chi connectivity index (χ0) is 21.2. The SMILES string of the molecule is Cn1ccc(C(=O)N2CCC3(CC2)C[C@]2(CO3)Nc3cc(Cl)ccc3-n3cccc32)n1. The van der Waals surface area contributed by atoms with E-state index in [1.807, 2.05) is 30.1 Å². The highest BCUT2D eigenvalue weighted by Crippen LogP contribution is 2.50. The van der Waals surface area contributed by atoms with Crippen molar-refractivity contribution in [2.24, 2.45) is 7.05 Å². The van der Waals surface area contributed by atoms with Gasteiger partial charge in [0.2, 0.25) is 0 Å². The maximum atomic E-state index is 12.8. The summed E-state index contributed by atoms with van der Waals surface area (Å²) >= 11 is 6.29. The molecular weight excluding hydrogens is 414 g/mol. The number of hydrogen-bond donors (Lipinski definition) is 1. The fourth-order valence-electron chi connectivity index (χ4n) is 5.42. The fourth-order valence-corrected chi connectivity index (χ4v) is 5.60. The van der Waals surface area contributed by atoms with E-state index in [-0.39, 0.29) is 17.0 Å². The Labute approximate surface area is 185 Å². The van der Waals surface area contributed by atoms with E-state index in [0.29, 0.717) is 30.4 Å². The lowest BCUT2D eigenvalue weighted by molar-refractivity contribution is -0.0393. The van der Waals surface area contributed by atoms with Crippen molar-refractivity contribution in [2.45, 2.75) is 30.4 Å². The highest BCUT2D eigenvalue weighted by Gasteiger charge is 2.54. The summed E-state index contributed by atoms with van der Waals surface area (Å²) in [5.74, 6) is -0.00334. The lowest BCUT2D eigenvalue weighted by atomic mass is 9.79. The number of halogens is 1. The Morgan fingerprint density at radius 2 is 2.03 bits per heavy atom. The number of amides is 1. The molecule has 2 fully saturated rings. The van der Waals surface area contributed by atoms with Crippen molar-refractivity contribution in [1.82, 2.24) is 19.2 Å². The Balaban J connectivity index is 1.24. The minimum Gasteiger partial charge on any atom is -0.372 e. The number of nitrogens with one attached hydrogen (secondary N) is 1. The van der Waals surface area contributed by atoms with Gasteiger partial charge in [-0.15, -0.1) is 0 Å². The number of carbonyl (C=O) groups excluding carboxylic acids is 1. The van der Waals surface area contributed by atoms with Crippen molar-refractivity contribution >= 4 is 23.2 Å². The smallest absolute Gasteiger partial charge is 0.274 e. The molecule has 0 radical (unpaired) electrons. The summed E-state index contributed by atoms with van der Waals surface area (Å²) in [4.78, 5) is 14.7. The number of hydrogen-bond acceptors (Lipinski definition) is 4. The molecule has 3 aliphatic rings. The van der Waals surface area contributed by atoms with E-state index < -0.39 is 0 Å². The molecule has 0 unspecified atom stereocenters. The summed E-state index contributed by atoms with van der Waals surface area (Å²) in [6, 6.07) is 12.0. The van der Waals surface area contributed by atoms with Crippen molar-refractivity contribution in [2.75, 3.05) is 25.0 Å². The monoisotopic (exact) mass is 437 g/mol. The third-order valence-electron chi connectivity index (χ3n) is 6.97. The molecule has 2 spiro atoms. The third-order valence-corrected chi connectivity index (χ3v) is 7.21. The highest BCUT2D eigenvalue weighted by molar-refractivity contribution is 6.31. The summed E-state index contributed by atoms with van der Waals surface area (Å²) in [6.45, 7) is 1.95. The van der Waals surface area contributed by atoms with Gasteiger partial charge >= 0.3 is 0 Å². The molecule has 160 valence electrons. The molecule has 7 nitrogen and oxygen atoms in total. The van der Waals surface area contributed by atoms with Gasteiger partial charge in [-0.05, 0) is 49.2 Å². The minimum absolute atomic E-state index is 0.00334. The molecule has 2 aromatic heterocycles. The second-order valence-corrected chi connectivity index (χ2v) is 9.38. The zero-order valence-electron chi connectivity index (χ0n) is 17.3. The molecule has 5 heterocycles. The first-order valence-electron chi connectivity index (χ1n) is 10.7. The van der Waals surface area contributed by atoms with Gasteiger partial charge in [0.05, 0.1) is 29.3 Å². The van der Waals surface area contributed by atoms with E-state index in [9.17, 15) is 4.79 Å². The number of ether oxygens (including phenoxy) is 1. The maximum absolute atomic E-state index is 12.8. The Bertz CT molecular complexity index is 1180. The van der Waals surface area contributed by atoms with E-state index in [0.717, 1.165) is 30.6 Å². The van der Waals surface area contributed by atoms with Gasteiger partial charge in [-0.3, -0.25) is 9.48 Å². The van der Waals surface area contributed by atoms with Crippen LogP contribution in [0.15, 0.2) is 48.8 Å². The third kappa shape index (κ3) is 2.91. The molecule has 1 N–H and O–H groups in total. The Morgan fingerprint density at radius 1 is 1.19 bits per heavy atom. The van der Waals surface area contributed by atoms with Gasteiger partial charge in [0, 0.05) is 44.0 Å². The van der Waals surface area contributed by atoms with Crippen molar-refractivity contribution in [1.29, 1.82) is 0 Å². The van der Waals surface area contributed by atoms with Crippen LogP contribution in [-0.2, 0) is 17.3 Å². The van der Waals surface area contributed by atoms with E-state index in [1.54, 1.807) is 16.9 Å². The molecular formula is C23H24ClN5O2. The number of rotatable bonds is 1. The normalized spacial score (nSPS) is 23.6. The standard InChI is InChI=1S/C23H24ClN5O2/c1-27-10-6-17(26-27)21(30)28-11-7-22(8-12-28)14-23(15-31-22)20-3-2-9-29(20)19-5-4-16(24)13-18(19)25-23/h2-6,9-10,13,25H,7-8,11-12,14-15H2,1H3/t23-/m1/s1. The first kappa shape index (κ1) is 19.0. The highest BCUT2D eigenvalue weighted by atomic mass is 35.5. The molecule has 0 aliphatic carbocycles. The van der Waals surface area contributed by atoms with Crippen molar-refractivity contribution in [3.63, 3.8) is 0 Å². The van der Waals surface area contributed by atoms with E-state index in [2.05, 4.69) is 33.3 Å². The largest absolute Gasteiger partial charge is 0.372 e. The number of anilines is 1. The topological polar surface area (TPSA) is 64.3 Å². The maximum Gasteiger partial charge on any atom is 0.274 e.